The van der Waals surface area contributed by atoms with Gasteiger partial charge in [-0.1, -0.05) is 12.5 Å². The third-order valence-electron chi connectivity index (χ3n) is 2.82. The lowest BCUT2D eigenvalue weighted by Crippen LogP contribution is -2.17. The van der Waals surface area contributed by atoms with Crippen molar-refractivity contribution in [2.75, 3.05) is 0 Å². The SMILES string of the molecule is Fc1ccc(C(Cl)C2CCC2)c(F)c1. The molecule has 0 bridgehead atoms. The van der Waals surface area contributed by atoms with Gasteiger partial charge in [0, 0.05) is 11.6 Å². The summed E-state index contributed by atoms with van der Waals surface area (Å²) in [7, 11) is 0. The van der Waals surface area contributed by atoms with E-state index in [0.29, 0.717) is 11.5 Å². The molecule has 0 nitrogen and oxygen atoms in total. The number of hydrogen-bond donors (Lipinski definition) is 0. The van der Waals surface area contributed by atoms with Crippen LogP contribution in [-0.2, 0) is 0 Å². The average molecular weight is 217 g/mol. The lowest BCUT2D eigenvalue weighted by Gasteiger charge is -2.30. The van der Waals surface area contributed by atoms with Crippen LogP contribution in [0.3, 0.4) is 0 Å². The second kappa shape index (κ2) is 3.85. The zero-order chi connectivity index (χ0) is 10.1. The molecule has 0 heterocycles. The second-order valence-corrected chi connectivity index (χ2v) is 4.23. The molecule has 0 radical (unpaired) electrons. The number of rotatable bonds is 2. The maximum atomic E-state index is 13.3. The van der Waals surface area contributed by atoms with Crippen LogP contribution in [0.15, 0.2) is 18.2 Å². The van der Waals surface area contributed by atoms with Gasteiger partial charge in [0.05, 0.1) is 5.38 Å². The Labute approximate surface area is 86.9 Å². The van der Waals surface area contributed by atoms with Gasteiger partial charge < -0.3 is 0 Å². The van der Waals surface area contributed by atoms with Gasteiger partial charge in [-0.2, -0.15) is 0 Å². The number of alkyl halides is 1. The summed E-state index contributed by atoms with van der Waals surface area (Å²) in [6, 6.07) is 3.59. The number of benzene rings is 1. The molecule has 1 saturated carbocycles. The topological polar surface area (TPSA) is 0 Å². The summed E-state index contributed by atoms with van der Waals surface area (Å²) in [5, 5.41) is -0.302. The molecule has 76 valence electrons. The Morgan fingerprint density at radius 3 is 2.50 bits per heavy atom. The first-order valence-corrected chi connectivity index (χ1v) is 5.21. The highest BCUT2D eigenvalue weighted by Crippen LogP contribution is 2.42. The Morgan fingerprint density at radius 1 is 1.29 bits per heavy atom. The predicted molar refractivity (Wildman–Crippen MR) is 52.3 cm³/mol. The first-order chi connectivity index (χ1) is 6.68. The molecule has 1 fully saturated rings. The molecule has 14 heavy (non-hydrogen) atoms. The molecule has 0 aromatic heterocycles. The molecule has 0 N–H and O–H groups in total. The third-order valence-corrected chi connectivity index (χ3v) is 3.41. The van der Waals surface area contributed by atoms with E-state index in [9.17, 15) is 8.78 Å². The summed E-state index contributed by atoms with van der Waals surface area (Å²) in [6.07, 6.45) is 3.26. The predicted octanol–water partition coefficient (Wildman–Crippen LogP) is 4.04. The smallest absolute Gasteiger partial charge is 0.130 e. The zero-order valence-electron chi connectivity index (χ0n) is 7.64. The van der Waals surface area contributed by atoms with Gasteiger partial charge >= 0.3 is 0 Å². The van der Waals surface area contributed by atoms with Gasteiger partial charge in [-0.15, -0.1) is 11.6 Å². The summed E-state index contributed by atoms with van der Waals surface area (Å²) in [5.41, 5.74) is 0.428. The van der Waals surface area contributed by atoms with Crippen LogP contribution < -0.4 is 0 Å². The lowest BCUT2D eigenvalue weighted by atomic mass is 9.80. The highest BCUT2D eigenvalue weighted by Gasteiger charge is 2.28. The van der Waals surface area contributed by atoms with E-state index < -0.39 is 11.6 Å². The Morgan fingerprint density at radius 2 is 2.00 bits per heavy atom. The van der Waals surface area contributed by atoms with E-state index in [2.05, 4.69) is 0 Å². The summed E-state index contributed by atoms with van der Waals surface area (Å²) in [6.45, 7) is 0. The van der Waals surface area contributed by atoms with Crippen molar-refractivity contribution in [3.63, 3.8) is 0 Å². The van der Waals surface area contributed by atoms with Crippen LogP contribution in [0, 0.1) is 17.6 Å². The van der Waals surface area contributed by atoms with E-state index in [0.717, 1.165) is 25.3 Å². The molecule has 1 aromatic carbocycles. The molecule has 1 atom stereocenters. The molecule has 0 aliphatic heterocycles. The molecule has 1 aromatic rings. The highest BCUT2D eigenvalue weighted by molar-refractivity contribution is 6.21. The van der Waals surface area contributed by atoms with Gasteiger partial charge in [0.25, 0.3) is 0 Å². The fraction of sp³-hybridized carbons (Fsp3) is 0.455. The van der Waals surface area contributed by atoms with Crippen molar-refractivity contribution in [2.24, 2.45) is 5.92 Å². The quantitative estimate of drug-likeness (QED) is 0.655. The molecule has 2 rings (SSSR count). The molecule has 1 unspecified atom stereocenters. The summed E-state index contributed by atoms with van der Waals surface area (Å²) in [4.78, 5) is 0. The van der Waals surface area contributed by atoms with Gasteiger partial charge in [-0.05, 0) is 24.8 Å². The van der Waals surface area contributed by atoms with Crippen molar-refractivity contribution < 1.29 is 8.78 Å². The first-order valence-electron chi connectivity index (χ1n) is 4.77. The van der Waals surface area contributed by atoms with Crippen molar-refractivity contribution >= 4 is 11.6 Å². The molecule has 3 heteroatoms. The minimum absolute atomic E-state index is 0.302. The third kappa shape index (κ3) is 1.76. The van der Waals surface area contributed by atoms with Crippen LogP contribution >= 0.6 is 11.6 Å². The van der Waals surface area contributed by atoms with E-state index in [1.54, 1.807) is 0 Å². The molecule has 0 spiro atoms. The van der Waals surface area contributed by atoms with Crippen LogP contribution in [0.5, 0.6) is 0 Å². The molecular weight excluding hydrogens is 206 g/mol. The molecule has 1 aliphatic carbocycles. The molecule has 1 aliphatic rings. The van der Waals surface area contributed by atoms with Crippen LogP contribution in [0.4, 0.5) is 8.78 Å². The lowest BCUT2D eigenvalue weighted by molar-refractivity contribution is 0.302. The Kier molecular flexibility index (Phi) is 2.73. The van der Waals surface area contributed by atoms with E-state index in [4.69, 9.17) is 11.6 Å². The fourth-order valence-corrected chi connectivity index (χ4v) is 2.14. The van der Waals surface area contributed by atoms with Gasteiger partial charge in [-0.3, -0.25) is 0 Å². The van der Waals surface area contributed by atoms with Crippen molar-refractivity contribution in [1.29, 1.82) is 0 Å². The van der Waals surface area contributed by atoms with Crippen LogP contribution in [0.25, 0.3) is 0 Å². The van der Waals surface area contributed by atoms with Crippen molar-refractivity contribution in [3.05, 3.63) is 35.4 Å². The molecule has 0 saturated heterocycles. The largest absolute Gasteiger partial charge is 0.207 e. The van der Waals surface area contributed by atoms with E-state index in [1.165, 1.54) is 12.1 Å². The summed E-state index contributed by atoms with van der Waals surface area (Å²) >= 11 is 6.10. The first kappa shape index (κ1) is 9.91. The van der Waals surface area contributed by atoms with E-state index in [-0.39, 0.29) is 5.38 Å². The standard InChI is InChI=1S/C11H11ClF2/c12-11(7-2-1-3-7)9-5-4-8(13)6-10(9)14/h4-7,11H,1-3H2. The van der Waals surface area contributed by atoms with Gasteiger partial charge in [-0.25, -0.2) is 8.78 Å². The number of halogens is 3. The van der Waals surface area contributed by atoms with E-state index >= 15 is 0 Å². The second-order valence-electron chi connectivity index (χ2n) is 3.76. The van der Waals surface area contributed by atoms with Crippen molar-refractivity contribution in [2.45, 2.75) is 24.6 Å². The Balaban J connectivity index is 2.22. The Bertz CT molecular complexity index is 334. The maximum absolute atomic E-state index is 13.3. The number of hydrogen-bond acceptors (Lipinski definition) is 0. The van der Waals surface area contributed by atoms with E-state index in [1.807, 2.05) is 0 Å². The maximum Gasteiger partial charge on any atom is 0.130 e. The van der Waals surface area contributed by atoms with Crippen LogP contribution in [0.1, 0.15) is 30.2 Å². The van der Waals surface area contributed by atoms with Crippen molar-refractivity contribution in [3.8, 4) is 0 Å². The average Bonchev–Trinajstić information content (AvgIpc) is 2.00. The van der Waals surface area contributed by atoms with Gasteiger partial charge in [0.15, 0.2) is 0 Å². The molecule has 0 amide bonds. The fourth-order valence-electron chi connectivity index (χ4n) is 1.71. The summed E-state index contributed by atoms with van der Waals surface area (Å²) in [5.74, 6) is -0.725. The monoisotopic (exact) mass is 216 g/mol. The minimum atomic E-state index is -0.552. The van der Waals surface area contributed by atoms with Crippen molar-refractivity contribution in [1.82, 2.24) is 0 Å². The van der Waals surface area contributed by atoms with Crippen LogP contribution in [-0.4, -0.2) is 0 Å². The zero-order valence-corrected chi connectivity index (χ0v) is 8.40. The highest BCUT2D eigenvalue weighted by atomic mass is 35.5. The Hall–Kier alpha value is -0.630. The van der Waals surface area contributed by atoms with Gasteiger partial charge in [0.2, 0.25) is 0 Å². The molecular formula is C11H11ClF2. The van der Waals surface area contributed by atoms with Gasteiger partial charge in [0.1, 0.15) is 11.6 Å². The summed E-state index contributed by atoms with van der Waals surface area (Å²) < 4.78 is 25.9. The van der Waals surface area contributed by atoms with Crippen LogP contribution in [0.2, 0.25) is 0 Å². The normalized spacial score (nSPS) is 19.1. The minimum Gasteiger partial charge on any atom is -0.207 e.